The Morgan fingerprint density at radius 3 is 3.08 bits per heavy atom. The lowest BCUT2D eigenvalue weighted by Gasteiger charge is -1.93. The molecule has 3 nitrogen and oxygen atoms in total. The average molecular weight is 195 g/mol. The molecule has 0 fully saturated rings. The van der Waals surface area contributed by atoms with Crippen molar-refractivity contribution in [1.82, 2.24) is 4.98 Å². The van der Waals surface area contributed by atoms with Crippen LogP contribution in [0.1, 0.15) is 5.56 Å². The summed E-state index contributed by atoms with van der Waals surface area (Å²) in [7, 11) is 0. The minimum absolute atomic E-state index is 0.647. The van der Waals surface area contributed by atoms with E-state index in [1.807, 2.05) is 12.1 Å². The number of hydrogen-bond donors (Lipinski definition) is 2. The van der Waals surface area contributed by atoms with E-state index in [-0.39, 0.29) is 0 Å². The summed E-state index contributed by atoms with van der Waals surface area (Å²) >= 11 is 5.98. The number of aromatic amines is 1. The molecule has 1 heterocycles. The van der Waals surface area contributed by atoms with Gasteiger partial charge in [-0.15, -0.1) is 0 Å². The van der Waals surface area contributed by atoms with E-state index in [0.29, 0.717) is 5.02 Å². The van der Waals surface area contributed by atoms with Gasteiger partial charge in [-0.1, -0.05) is 22.8 Å². The quantitative estimate of drug-likeness (QED) is 0.409. The van der Waals surface area contributed by atoms with Gasteiger partial charge in [-0.05, 0) is 12.1 Å². The predicted octanol–water partition coefficient (Wildman–Crippen LogP) is 2.63. The maximum Gasteiger partial charge on any atom is 0.0755 e. The molecule has 0 bridgehead atoms. The fourth-order valence-electron chi connectivity index (χ4n) is 1.33. The maximum absolute atomic E-state index is 8.40. The monoisotopic (exact) mass is 194 g/mol. The van der Waals surface area contributed by atoms with Crippen molar-refractivity contribution in [3.8, 4) is 0 Å². The summed E-state index contributed by atoms with van der Waals surface area (Å²) in [5.41, 5.74) is 1.71. The topological polar surface area (TPSA) is 48.4 Å². The van der Waals surface area contributed by atoms with Crippen LogP contribution in [0.5, 0.6) is 0 Å². The zero-order chi connectivity index (χ0) is 9.26. The van der Waals surface area contributed by atoms with Crippen molar-refractivity contribution in [3.05, 3.63) is 35.0 Å². The van der Waals surface area contributed by atoms with Gasteiger partial charge in [-0.3, -0.25) is 0 Å². The summed E-state index contributed by atoms with van der Waals surface area (Å²) in [5.74, 6) is 0. The molecule has 0 aliphatic heterocycles. The van der Waals surface area contributed by atoms with Gasteiger partial charge in [-0.25, -0.2) is 0 Å². The molecule has 0 aliphatic carbocycles. The van der Waals surface area contributed by atoms with E-state index in [4.69, 9.17) is 16.8 Å². The second-order valence-corrected chi connectivity index (χ2v) is 3.06. The SMILES string of the molecule is ON=Cc1c[nH]c2cccc(Cl)c12. The molecule has 0 amide bonds. The highest BCUT2D eigenvalue weighted by Gasteiger charge is 2.04. The Morgan fingerprint density at radius 1 is 1.46 bits per heavy atom. The first-order valence-electron chi connectivity index (χ1n) is 3.76. The molecular formula is C9H7ClN2O. The molecular weight excluding hydrogens is 188 g/mol. The number of H-pyrrole nitrogens is 1. The Labute approximate surface area is 79.6 Å². The van der Waals surface area contributed by atoms with Gasteiger partial charge >= 0.3 is 0 Å². The fraction of sp³-hybridized carbons (Fsp3) is 0. The van der Waals surface area contributed by atoms with Gasteiger partial charge in [0.15, 0.2) is 0 Å². The van der Waals surface area contributed by atoms with Gasteiger partial charge in [0.1, 0.15) is 0 Å². The number of nitrogens with zero attached hydrogens (tertiary/aromatic N) is 1. The third-order valence-corrected chi connectivity index (χ3v) is 2.20. The zero-order valence-electron chi connectivity index (χ0n) is 6.66. The highest BCUT2D eigenvalue weighted by Crippen LogP contribution is 2.25. The minimum Gasteiger partial charge on any atom is -0.411 e. The molecule has 4 heteroatoms. The minimum atomic E-state index is 0.647. The van der Waals surface area contributed by atoms with Crippen LogP contribution in [0.25, 0.3) is 10.9 Å². The van der Waals surface area contributed by atoms with Crippen LogP contribution in [0, 0.1) is 0 Å². The van der Waals surface area contributed by atoms with E-state index < -0.39 is 0 Å². The second-order valence-electron chi connectivity index (χ2n) is 2.65. The normalized spacial score (nSPS) is 11.5. The van der Waals surface area contributed by atoms with Crippen LogP contribution < -0.4 is 0 Å². The number of benzene rings is 1. The van der Waals surface area contributed by atoms with E-state index in [0.717, 1.165) is 16.5 Å². The van der Waals surface area contributed by atoms with Gasteiger partial charge < -0.3 is 10.2 Å². The first kappa shape index (κ1) is 8.13. The molecule has 0 saturated carbocycles. The van der Waals surface area contributed by atoms with Crippen molar-refractivity contribution in [2.75, 3.05) is 0 Å². The Bertz CT molecular complexity index is 462. The Morgan fingerprint density at radius 2 is 2.31 bits per heavy atom. The van der Waals surface area contributed by atoms with E-state index in [9.17, 15) is 0 Å². The van der Waals surface area contributed by atoms with Crippen LogP contribution in [-0.4, -0.2) is 16.4 Å². The summed E-state index contributed by atoms with van der Waals surface area (Å²) in [6.45, 7) is 0. The third kappa shape index (κ3) is 1.27. The van der Waals surface area contributed by atoms with Crippen molar-refractivity contribution < 1.29 is 5.21 Å². The maximum atomic E-state index is 8.40. The summed E-state index contributed by atoms with van der Waals surface area (Å²) < 4.78 is 0. The van der Waals surface area contributed by atoms with Crippen LogP contribution in [0.2, 0.25) is 5.02 Å². The molecule has 2 N–H and O–H groups in total. The van der Waals surface area contributed by atoms with E-state index in [2.05, 4.69) is 10.1 Å². The highest BCUT2D eigenvalue weighted by atomic mass is 35.5. The van der Waals surface area contributed by atoms with Crippen LogP contribution in [0.15, 0.2) is 29.6 Å². The summed E-state index contributed by atoms with van der Waals surface area (Å²) in [5, 5.41) is 12.9. The number of aromatic nitrogens is 1. The molecule has 66 valence electrons. The lowest BCUT2D eigenvalue weighted by Crippen LogP contribution is -1.77. The van der Waals surface area contributed by atoms with Crippen molar-refractivity contribution in [2.45, 2.75) is 0 Å². The van der Waals surface area contributed by atoms with Gasteiger partial charge in [0.25, 0.3) is 0 Å². The van der Waals surface area contributed by atoms with Crippen molar-refractivity contribution in [1.29, 1.82) is 0 Å². The van der Waals surface area contributed by atoms with Gasteiger partial charge in [0, 0.05) is 22.7 Å². The van der Waals surface area contributed by atoms with Gasteiger partial charge in [-0.2, -0.15) is 0 Å². The number of halogens is 1. The molecule has 1 aromatic carbocycles. The molecule has 13 heavy (non-hydrogen) atoms. The Hall–Kier alpha value is -1.48. The molecule has 0 aliphatic rings. The standard InChI is InChI=1S/C9H7ClN2O/c10-7-2-1-3-8-9(7)6(4-11-8)5-12-13/h1-5,11,13H. The molecule has 0 radical (unpaired) electrons. The summed E-state index contributed by atoms with van der Waals surface area (Å²) in [6, 6.07) is 5.57. The van der Waals surface area contributed by atoms with Gasteiger partial charge in [0.05, 0.1) is 11.2 Å². The number of oxime groups is 1. The molecule has 0 atom stereocenters. The molecule has 2 rings (SSSR count). The molecule has 1 aromatic heterocycles. The fourth-order valence-corrected chi connectivity index (χ4v) is 1.61. The van der Waals surface area contributed by atoms with Gasteiger partial charge in [0.2, 0.25) is 0 Å². The molecule has 2 aromatic rings. The summed E-state index contributed by atoms with van der Waals surface area (Å²) in [4.78, 5) is 3.03. The lowest BCUT2D eigenvalue weighted by atomic mass is 10.2. The van der Waals surface area contributed by atoms with E-state index >= 15 is 0 Å². The van der Waals surface area contributed by atoms with Crippen LogP contribution >= 0.6 is 11.6 Å². The molecule has 0 saturated heterocycles. The molecule has 0 spiro atoms. The number of hydrogen-bond acceptors (Lipinski definition) is 2. The van der Waals surface area contributed by atoms with Crippen LogP contribution in [-0.2, 0) is 0 Å². The first-order chi connectivity index (χ1) is 6.33. The average Bonchev–Trinajstić information content (AvgIpc) is 2.51. The van der Waals surface area contributed by atoms with Crippen LogP contribution in [0.4, 0.5) is 0 Å². The Kier molecular flexibility index (Phi) is 1.94. The van der Waals surface area contributed by atoms with E-state index in [1.165, 1.54) is 6.21 Å². The van der Waals surface area contributed by atoms with Crippen molar-refractivity contribution in [2.24, 2.45) is 5.16 Å². The molecule has 0 unspecified atom stereocenters. The summed E-state index contributed by atoms with van der Waals surface area (Å²) in [6.07, 6.45) is 3.10. The number of nitrogens with one attached hydrogen (secondary N) is 1. The van der Waals surface area contributed by atoms with E-state index in [1.54, 1.807) is 12.3 Å². The smallest absolute Gasteiger partial charge is 0.0755 e. The zero-order valence-corrected chi connectivity index (χ0v) is 7.42. The second kappa shape index (κ2) is 3.11. The van der Waals surface area contributed by atoms with Crippen molar-refractivity contribution >= 4 is 28.7 Å². The van der Waals surface area contributed by atoms with Crippen molar-refractivity contribution in [3.63, 3.8) is 0 Å². The number of rotatable bonds is 1. The lowest BCUT2D eigenvalue weighted by molar-refractivity contribution is 0.322. The highest BCUT2D eigenvalue weighted by molar-refractivity contribution is 6.36. The third-order valence-electron chi connectivity index (χ3n) is 1.88. The largest absolute Gasteiger partial charge is 0.411 e. The Balaban J connectivity index is 2.78. The first-order valence-corrected chi connectivity index (χ1v) is 4.14. The predicted molar refractivity (Wildman–Crippen MR) is 52.7 cm³/mol. The van der Waals surface area contributed by atoms with Crippen LogP contribution in [0.3, 0.4) is 0 Å². The number of fused-ring (bicyclic) bond motifs is 1.